The molecule has 0 spiro atoms. The molecule has 5 rings (SSSR count). The van der Waals surface area contributed by atoms with Gasteiger partial charge in [0.15, 0.2) is 5.11 Å². The Balaban J connectivity index is 1.62. The number of hydrogen-bond donors (Lipinski definition) is 1. The van der Waals surface area contributed by atoms with Crippen molar-refractivity contribution in [3.8, 4) is 10.7 Å². The summed E-state index contributed by atoms with van der Waals surface area (Å²) in [7, 11) is 0. The molecule has 3 aromatic heterocycles. The topological polar surface area (TPSA) is 67.3 Å². The van der Waals surface area contributed by atoms with E-state index in [-0.39, 0.29) is 6.04 Å². The van der Waals surface area contributed by atoms with Crippen LogP contribution >= 0.6 is 23.6 Å². The minimum atomic E-state index is -0.203. The van der Waals surface area contributed by atoms with E-state index in [1.54, 1.807) is 17.6 Å². The average Bonchev–Trinajstić information content (AvgIpc) is 3.54. The molecule has 1 unspecified atom stereocenters. The Morgan fingerprint density at radius 2 is 2.00 bits per heavy atom. The molecule has 162 valence electrons. The van der Waals surface area contributed by atoms with Crippen molar-refractivity contribution in [2.24, 2.45) is 0 Å². The number of furan rings is 1. The van der Waals surface area contributed by atoms with Crippen LogP contribution in [0.5, 0.6) is 0 Å². The highest BCUT2D eigenvalue weighted by Crippen LogP contribution is 2.38. The van der Waals surface area contributed by atoms with Crippen LogP contribution < -0.4 is 5.32 Å². The van der Waals surface area contributed by atoms with Crippen molar-refractivity contribution in [2.75, 3.05) is 0 Å². The Morgan fingerprint density at radius 3 is 2.72 bits per heavy atom. The first-order chi connectivity index (χ1) is 15.5. The average molecular weight is 463 g/mol. The van der Waals surface area contributed by atoms with Gasteiger partial charge in [-0.05, 0) is 73.3 Å². The fraction of sp³-hybridized carbons (Fsp3) is 0.208. The molecule has 4 heterocycles. The van der Waals surface area contributed by atoms with Crippen molar-refractivity contribution < 1.29 is 8.94 Å². The number of aromatic nitrogens is 2. The third-order valence-corrected chi connectivity index (χ3v) is 6.96. The van der Waals surface area contributed by atoms with Crippen molar-refractivity contribution in [1.29, 1.82) is 0 Å². The first kappa shape index (κ1) is 20.7. The second-order valence-electron chi connectivity index (χ2n) is 7.79. The zero-order chi connectivity index (χ0) is 22.2. The van der Waals surface area contributed by atoms with Gasteiger partial charge in [0.05, 0.1) is 29.3 Å². The minimum Gasteiger partial charge on any atom is -0.467 e. The van der Waals surface area contributed by atoms with Crippen LogP contribution in [0.25, 0.3) is 16.3 Å². The first-order valence-corrected chi connectivity index (χ1v) is 11.6. The van der Waals surface area contributed by atoms with Gasteiger partial charge in [-0.15, -0.1) is 11.3 Å². The molecule has 1 aromatic carbocycles. The van der Waals surface area contributed by atoms with Gasteiger partial charge in [-0.3, -0.25) is 0 Å². The molecule has 0 bridgehead atoms. The van der Waals surface area contributed by atoms with Crippen LogP contribution in [0.4, 0.5) is 0 Å². The van der Waals surface area contributed by atoms with Gasteiger partial charge in [-0.25, -0.2) is 0 Å². The van der Waals surface area contributed by atoms with E-state index in [4.69, 9.17) is 26.1 Å². The lowest BCUT2D eigenvalue weighted by molar-refractivity contribution is 0.383. The zero-order valence-corrected chi connectivity index (χ0v) is 19.6. The van der Waals surface area contributed by atoms with E-state index >= 15 is 0 Å². The van der Waals surface area contributed by atoms with Crippen molar-refractivity contribution in [3.63, 3.8) is 0 Å². The summed E-state index contributed by atoms with van der Waals surface area (Å²) in [5.74, 6) is 1.88. The highest BCUT2D eigenvalue weighted by molar-refractivity contribution is 7.80. The van der Waals surface area contributed by atoms with Crippen LogP contribution in [0, 0.1) is 13.8 Å². The number of rotatable bonds is 5. The molecule has 1 aliphatic heterocycles. The summed E-state index contributed by atoms with van der Waals surface area (Å²) in [6.45, 7) is 6.77. The molecule has 0 amide bonds. The number of nitrogens with one attached hydrogen (secondary N) is 1. The van der Waals surface area contributed by atoms with E-state index in [1.165, 1.54) is 11.1 Å². The van der Waals surface area contributed by atoms with Crippen molar-refractivity contribution in [3.05, 3.63) is 88.1 Å². The molecular formula is C24H22N4O2S2. The quantitative estimate of drug-likeness (QED) is 0.372. The fourth-order valence-corrected chi connectivity index (χ4v) is 4.81. The van der Waals surface area contributed by atoms with E-state index in [2.05, 4.69) is 42.5 Å². The Labute approximate surface area is 195 Å². The molecule has 0 saturated carbocycles. The SMILES string of the molecule is CC1=C(c2nc(-c3cccs3)no2)C(c2ccc(C)c(C)c2)NC(=S)N1Cc1ccco1. The maximum Gasteiger partial charge on any atom is 0.258 e. The van der Waals surface area contributed by atoms with Crippen LogP contribution in [0.3, 0.4) is 0 Å². The predicted octanol–water partition coefficient (Wildman–Crippen LogP) is 5.87. The molecule has 4 aromatic rings. The van der Waals surface area contributed by atoms with Crippen molar-refractivity contribution in [2.45, 2.75) is 33.4 Å². The standard InChI is InChI=1S/C24H22N4O2S2/c1-14-8-9-17(12-15(14)2)21-20(23-26-22(27-30-23)19-7-5-11-32-19)16(3)28(24(31)25-21)13-18-6-4-10-29-18/h4-12,21H,13H2,1-3H3,(H,25,31). The normalized spacial score (nSPS) is 16.5. The van der Waals surface area contributed by atoms with Gasteiger partial charge < -0.3 is 19.2 Å². The smallest absolute Gasteiger partial charge is 0.258 e. The number of aryl methyl sites for hydroxylation is 2. The second-order valence-corrected chi connectivity index (χ2v) is 9.13. The number of hydrogen-bond acceptors (Lipinski definition) is 6. The maximum absolute atomic E-state index is 5.78. The summed E-state index contributed by atoms with van der Waals surface area (Å²) in [4.78, 5) is 7.72. The molecule has 1 atom stereocenters. The minimum absolute atomic E-state index is 0.203. The predicted molar refractivity (Wildman–Crippen MR) is 129 cm³/mol. The Bertz CT molecular complexity index is 1290. The van der Waals surface area contributed by atoms with E-state index in [1.807, 2.05) is 41.5 Å². The second kappa shape index (κ2) is 8.37. The maximum atomic E-state index is 5.78. The molecule has 0 radical (unpaired) electrons. The molecule has 0 aliphatic carbocycles. The largest absolute Gasteiger partial charge is 0.467 e. The van der Waals surface area contributed by atoms with Crippen molar-refractivity contribution >= 4 is 34.2 Å². The van der Waals surface area contributed by atoms with Crippen LogP contribution in [0.1, 0.15) is 41.3 Å². The van der Waals surface area contributed by atoms with E-state index < -0.39 is 0 Å². The lowest BCUT2D eigenvalue weighted by Crippen LogP contribution is -2.45. The summed E-state index contributed by atoms with van der Waals surface area (Å²) in [6, 6.07) is 14.0. The number of thiophene rings is 1. The summed E-state index contributed by atoms with van der Waals surface area (Å²) in [5, 5.41) is 10.4. The molecule has 0 saturated heterocycles. The van der Waals surface area contributed by atoms with E-state index in [0.717, 1.165) is 27.5 Å². The highest BCUT2D eigenvalue weighted by Gasteiger charge is 2.34. The van der Waals surface area contributed by atoms with Gasteiger partial charge in [0, 0.05) is 5.70 Å². The van der Waals surface area contributed by atoms with Crippen LogP contribution in [0.2, 0.25) is 0 Å². The number of nitrogens with zero attached hydrogens (tertiary/aromatic N) is 3. The molecule has 6 nitrogen and oxygen atoms in total. The van der Waals surface area contributed by atoms with Gasteiger partial charge in [0.1, 0.15) is 5.76 Å². The third-order valence-electron chi connectivity index (χ3n) is 5.75. The summed E-state index contributed by atoms with van der Waals surface area (Å²) < 4.78 is 11.3. The number of allylic oxidation sites excluding steroid dienone is 1. The van der Waals surface area contributed by atoms with Gasteiger partial charge in [0.2, 0.25) is 5.82 Å². The first-order valence-electron chi connectivity index (χ1n) is 10.3. The monoisotopic (exact) mass is 462 g/mol. The van der Waals surface area contributed by atoms with E-state index in [9.17, 15) is 0 Å². The lowest BCUT2D eigenvalue weighted by atomic mass is 9.92. The fourth-order valence-electron chi connectivity index (χ4n) is 3.84. The van der Waals surface area contributed by atoms with Crippen LogP contribution in [-0.4, -0.2) is 20.2 Å². The van der Waals surface area contributed by atoms with Gasteiger partial charge in [0.25, 0.3) is 5.89 Å². The molecule has 8 heteroatoms. The molecular weight excluding hydrogens is 440 g/mol. The number of thiocarbonyl (C=S) groups is 1. The molecule has 0 fully saturated rings. The Kier molecular flexibility index (Phi) is 5.40. The third kappa shape index (κ3) is 3.76. The molecule has 1 N–H and O–H groups in total. The Morgan fingerprint density at radius 1 is 1.12 bits per heavy atom. The summed E-state index contributed by atoms with van der Waals surface area (Å²) >= 11 is 7.34. The highest BCUT2D eigenvalue weighted by atomic mass is 32.1. The Hall–Kier alpha value is -3.23. The van der Waals surface area contributed by atoms with E-state index in [0.29, 0.717) is 23.4 Å². The van der Waals surface area contributed by atoms with Gasteiger partial charge in [-0.2, -0.15) is 4.98 Å². The van der Waals surface area contributed by atoms with Gasteiger partial charge in [-0.1, -0.05) is 29.4 Å². The zero-order valence-electron chi connectivity index (χ0n) is 18.0. The number of benzene rings is 1. The molecule has 32 heavy (non-hydrogen) atoms. The summed E-state index contributed by atoms with van der Waals surface area (Å²) in [5.41, 5.74) is 5.42. The lowest BCUT2D eigenvalue weighted by Gasteiger charge is -2.37. The summed E-state index contributed by atoms with van der Waals surface area (Å²) in [6.07, 6.45) is 1.67. The van der Waals surface area contributed by atoms with Crippen LogP contribution in [0.15, 0.2) is 68.7 Å². The molecule has 1 aliphatic rings. The van der Waals surface area contributed by atoms with Gasteiger partial charge >= 0.3 is 0 Å². The van der Waals surface area contributed by atoms with Crippen molar-refractivity contribution in [1.82, 2.24) is 20.4 Å². The van der Waals surface area contributed by atoms with Crippen LogP contribution in [-0.2, 0) is 6.54 Å².